The van der Waals surface area contributed by atoms with E-state index in [0.717, 1.165) is 12.8 Å². The molecule has 1 saturated carbocycles. The van der Waals surface area contributed by atoms with E-state index in [1.54, 1.807) is 4.68 Å². The number of nitrogens with zero attached hydrogens (tertiary/aromatic N) is 6. The van der Waals surface area contributed by atoms with Gasteiger partial charge >= 0.3 is 6.18 Å². The number of aliphatic hydroxyl groups excluding tert-OH is 1. The Morgan fingerprint density at radius 1 is 1.33 bits per heavy atom. The summed E-state index contributed by atoms with van der Waals surface area (Å²) in [6, 6.07) is 0.240. The van der Waals surface area contributed by atoms with Gasteiger partial charge < -0.3 is 5.11 Å². The van der Waals surface area contributed by atoms with E-state index in [-0.39, 0.29) is 31.2 Å². The lowest BCUT2D eigenvalue weighted by Crippen LogP contribution is -2.12. The molecule has 21 heavy (non-hydrogen) atoms. The molecule has 0 bridgehead atoms. The number of hydrogen-bond acceptors (Lipinski definition) is 5. The summed E-state index contributed by atoms with van der Waals surface area (Å²) in [5.41, 5.74) is -1.00. The maximum absolute atomic E-state index is 12.9. The Morgan fingerprint density at radius 3 is 2.71 bits per heavy atom. The highest BCUT2D eigenvalue weighted by Gasteiger charge is 2.37. The quantitative estimate of drug-likeness (QED) is 0.883. The third-order valence-corrected chi connectivity index (χ3v) is 3.24. The van der Waals surface area contributed by atoms with Crippen molar-refractivity contribution >= 4 is 0 Å². The highest BCUT2D eigenvalue weighted by Crippen LogP contribution is 2.35. The molecule has 7 nitrogen and oxygen atoms in total. The molecule has 10 heteroatoms. The Bertz CT molecular complexity index is 630. The predicted molar refractivity (Wildman–Crippen MR) is 63.2 cm³/mol. The van der Waals surface area contributed by atoms with Crippen LogP contribution in [0.5, 0.6) is 0 Å². The topological polar surface area (TPSA) is 81.6 Å². The van der Waals surface area contributed by atoms with Crippen LogP contribution in [0, 0.1) is 0 Å². The number of aromatic nitrogens is 6. The zero-order valence-electron chi connectivity index (χ0n) is 11.0. The fraction of sp³-hybridized carbons (Fsp3) is 0.636. The van der Waals surface area contributed by atoms with E-state index in [2.05, 4.69) is 20.6 Å². The Hall–Kier alpha value is -1.97. The van der Waals surface area contributed by atoms with Gasteiger partial charge in [0, 0.05) is 18.4 Å². The number of halogens is 3. The summed E-state index contributed by atoms with van der Waals surface area (Å²) >= 11 is 0. The number of aliphatic hydroxyl groups is 1. The van der Waals surface area contributed by atoms with Gasteiger partial charge in [0.05, 0.1) is 6.04 Å². The molecule has 3 rings (SSSR count). The van der Waals surface area contributed by atoms with Crippen molar-refractivity contribution in [2.24, 2.45) is 0 Å². The van der Waals surface area contributed by atoms with Crippen molar-refractivity contribution in [3.8, 4) is 0 Å². The van der Waals surface area contributed by atoms with E-state index in [1.807, 2.05) is 0 Å². The van der Waals surface area contributed by atoms with E-state index in [0.29, 0.717) is 5.82 Å². The molecule has 1 N–H and O–H groups in total. The molecular weight excluding hydrogens is 289 g/mol. The molecule has 1 aliphatic rings. The van der Waals surface area contributed by atoms with Gasteiger partial charge in [-0.05, 0) is 29.7 Å². The van der Waals surface area contributed by atoms with Crippen molar-refractivity contribution < 1.29 is 18.3 Å². The molecule has 2 aromatic heterocycles. The van der Waals surface area contributed by atoms with Gasteiger partial charge in [0.1, 0.15) is 6.54 Å². The van der Waals surface area contributed by atoms with Gasteiger partial charge in [-0.15, -0.1) is 5.10 Å². The van der Waals surface area contributed by atoms with Crippen molar-refractivity contribution in [2.75, 3.05) is 6.61 Å². The highest BCUT2D eigenvalue weighted by atomic mass is 19.4. The number of hydrogen-bond donors (Lipinski definition) is 1. The van der Waals surface area contributed by atoms with Crippen LogP contribution >= 0.6 is 0 Å². The zero-order chi connectivity index (χ0) is 15.0. The summed E-state index contributed by atoms with van der Waals surface area (Å²) < 4.78 is 41.4. The lowest BCUT2D eigenvalue weighted by molar-refractivity contribution is -0.142. The van der Waals surface area contributed by atoms with Crippen LogP contribution in [-0.4, -0.2) is 41.7 Å². The fourth-order valence-electron chi connectivity index (χ4n) is 2.15. The van der Waals surface area contributed by atoms with Crippen molar-refractivity contribution in [2.45, 2.75) is 38.0 Å². The average molecular weight is 302 g/mol. The van der Waals surface area contributed by atoms with Crippen molar-refractivity contribution in [3.05, 3.63) is 23.3 Å². The smallest absolute Gasteiger partial charge is 0.396 e. The molecule has 1 aliphatic carbocycles. The van der Waals surface area contributed by atoms with E-state index in [4.69, 9.17) is 5.11 Å². The van der Waals surface area contributed by atoms with Crippen LogP contribution in [-0.2, 0) is 19.1 Å². The van der Waals surface area contributed by atoms with Crippen LogP contribution in [0.2, 0.25) is 0 Å². The molecule has 0 aliphatic heterocycles. The molecule has 0 atom stereocenters. The molecule has 2 heterocycles. The van der Waals surface area contributed by atoms with Gasteiger partial charge in [-0.1, -0.05) is 0 Å². The minimum absolute atomic E-state index is 0.0320. The normalized spacial score (nSPS) is 15.6. The maximum Gasteiger partial charge on any atom is 0.435 e. The van der Waals surface area contributed by atoms with Gasteiger partial charge in [-0.2, -0.15) is 18.3 Å². The number of tetrazole rings is 1. The van der Waals surface area contributed by atoms with Crippen LogP contribution in [0.15, 0.2) is 6.20 Å². The third-order valence-electron chi connectivity index (χ3n) is 3.24. The second-order valence-electron chi connectivity index (χ2n) is 4.94. The molecule has 0 aromatic carbocycles. The van der Waals surface area contributed by atoms with Gasteiger partial charge in [0.2, 0.25) is 0 Å². The van der Waals surface area contributed by atoms with Crippen LogP contribution in [0.25, 0.3) is 0 Å². The molecule has 114 valence electrons. The molecule has 0 unspecified atom stereocenters. The summed E-state index contributed by atoms with van der Waals surface area (Å²) in [4.78, 5) is 0. The minimum atomic E-state index is -4.54. The molecule has 0 amide bonds. The average Bonchev–Trinajstić information content (AvgIpc) is 3.00. The van der Waals surface area contributed by atoms with E-state index in [1.165, 1.54) is 10.9 Å². The van der Waals surface area contributed by atoms with E-state index < -0.39 is 11.9 Å². The van der Waals surface area contributed by atoms with Crippen LogP contribution in [0.3, 0.4) is 0 Å². The first kappa shape index (κ1) is 14.0. The monoisotopic (exact) mass is 302 g/mol. The van der Waals surface area contributed by atoms with Gasteiger partial charge in [0.15, 0.2) is 11.5 Å². The van der Waals surface area contributed by atoms with Gasteiger partial charge in [0.25, 0.3) is 0 Å². The Balaban J connectivity index is 1.86. The fourth-order valence-corrected chi connectivity index (χ4v) is 2.15. The first-order chi connectivity index (χ1) is 9.99. The second-order valence-corrected chi connectivity index (χ2v) is 4.94. The minimum Gasteiger partial charge on any atom is -0.396 e. The van der Waals surface area contributed by atoms with Gasteiger partial charge in [-0.25, -0.2) is 4.68 Å². The van der Waals surface area contributed by atoms with Crippen LogP contribution in [0.4, 0.5) is 13.2 Å². The van der Waals surface area contributed by atoms with E-state index in [9.17, 15) is 13.2 Å². The SMILES string of the molecule is OCCc1cn(Cc2nnnn2C2CC2)nc1C(F)(F)F. The molecule has 0 spiro atoms. The summed E-state index contributed by atoms with van der Waals surface area (Å²) in [6.45, 7) is -0.299. The molecule has 2 aromatic rings. The molecular formula is C11H13F3N6O. The van der Waals surface area contributed by atoms with Crippen molar-refractivity contribution in [1.82, 2.24) is 30.0 Å². The maximum atomic E-state index is 12.9. The molecule has 1 fully saturated rings. The second kappa shape index (κ2) is 5.10. The Morgan fingerprint density at radius 2 is 2.10 bits per heavy atom. The first-order valence-electron chi connectivity index (χ1n) is 6.50. The summed E-state index contributed by atoms with van der Waals surface area (Å²) in [6.07, 6.45) is -1.41. The largest absolute Gasteiger partial charge is 0.435 e. The van der Waals surface area contributed by atoms with Crippen LogP contribution in [0.1, 0.15) is 36.0 Å². The summed E-state index contributed by atoms with van der Waals surface area (Å²) in [5.74, 6) is 0.476. The number of rotatable bonds is 5. The summed E-state index contributed by atoms with van der Waals surface area (Å²) in [5, 5.41) is 23.7. The van der Waals surface area contributed by atoms with Crippen LogP contribution < -0.4 is 0 Å². The highest BCUT2D eigenvalue weighted by molar-refractivity contribution is 5.20. The summed E-state index contributed by atoms with van der Waals surface area (Å²) in [7, 11) is 0. The Labute approximate surface area is 117 Å². The Kier molecular flexibility index (Phi) is 3.40. The van der Waals surface area contributed by atoms with E-state index >= 15 is 0 Å². The number of alkyl halides is 3. The van der Waals surface area contributed by atoms with Gasteiger partial charge in [-0.3, -0.25) is 4.68 Å². The first-order valence-corrected chi connectivity index (χ1v) is 6.50. The van der Waals surface area contributed by atoms with Crippen molar-refractivity contribution in [3.63, 3.8) is 0 Å². The van der Waals surface area contributed by atoms with Crippen molar-refractivity contribution in [1.29, 1.82) is 0 Å². The predicted octanol–water partition coefficient (Wildman–Crippen LogP) is 0.806. The standard InChI is InChI=1S/C11H13F3N6O/c12-11(13,14)10-7(3-4-21)5-19(16-10)6-9-15-17-18-20(9)8-1-2-8/h5,8,21H,1-4,6H2. The zero-order valence-corrected chi connectivity index (χ0v) is 11.0. The third kappa shape index (κ3) is 2.89. The molecule has 0 saturated heterocycles. The lowest BCUT2D eigenvalue weighted by atomic mass is 10.2. The lowest BCUT2D eigenvalue weighted by Gasteiger charge is -2.04. The molecule has 0 radical (unpaired) electrons.